The number of fused-ring (bicyclic) bond motifs is 1. The lowest BCUT2D eigenvalue weighted by atomic mass is 10.1. The maximum atomic E-state index is 13.0. The van der Waals surface area contributed by atoms with Crippen molar-refractivity contribution in [3.8, 4) is 5.75 Å². The van der Waals surface area contributed by atoms with Crippen LogP contribution in [-0.2, 0) is 19.6 Å². The number of benzene rings is 2. The molecule has 0 bridgehead atoms. The summed E-state index contributed by atoms with van der Waals surface area (Å²) in [6.45, 7) is 4.93. The molecule has 2 aromatic rings. The average Bonchev–Trinajstić information content (AvgIpc) is 2.63. The fraction of sp³-hybridized carbons (Fsp3) is 0.300. The molecule has 0 atom stereocenters. The van der Waals surface area contributed by atoms with Crippen LogP contribution in [0.3, 0.4) is 0 Å². The Hall–Kier alpha value is -2.91. The van der Waals surface area contributed by atoms with Crippen LogP contribution in [-0.4, -0.2) is 44.7 Å². The Bertz CT molecular complexity index is 1100. The van der Waals surface area contributed by atoms with E-state index in [1.54, 1.807) is 19.1 Å². The Labute approximate surface area is 169 Å². The van der Waals surface area contributed by atoms with Crippen LogP contribution in [0, 0.1) is 20.8 Å². The minimum absolute atomic E-state index is 0.0224. The van der Waals surface area contributed by atoms with Crippen LogP contribution in [0.25, 0.3) is 0 Å². The van der Waals surface area contributed by atoms with E-state index in [2.05, 4.69) is 10.6 Å². The quantitative estimate of drug-likeness (QED) is 0.776. The highest BCUT2D eigenvalue weighted by atomic mass is 32.2. The summed E-state index contributed by atoms with van der Waals surface area (Å²) in [5, 5.41) is 5.38. The van der Waals surface area contributed by atoms with Gasteiger partial charge in [0.05, 0.1) is 17.1 Å². The summed E-state index contributed by atoms with van der Waals surface area (Å²) < 4.78 is 32.3. The van der Waals surface area contributed by atoms with E-state index < -0.39 is 15.9 Å². The van der Waals surface area contributed by atoms with Crippen molar-refractivity contribution in [2.24, 2.45) is 0 Å². The van der Waals surface area contributed by atoms with Crippen LogP contribution >= 0.6 is 0 Å². The van der Waals surface area contributed by atoms with Crippen molar-refractivity contribution in [1.29, 1.82) is 0 Å². The van der Waals surface area contributed by atoms with Gasteiger partial charge in [0.2, 0.25) is 15.9 Å². The molecule has 0 fully saturated rings. The number of likely N-dealkylation sites (N-methyl/N-ethyl adjacent to an activating group) is 1. The normalized spacial score (nSPS) is 13.5. The SMILES string of the molecule is Cc1ccc(NC(=O)CN(C)S(=O)(=O)c2cc3c(cc2C)NC(=O)CO3)c(C)c1. The van der Waals surface area contributed by atoms with Crippen LogP contribution in [0.2, 0.25) is 0 Å². The Balaban J connectivity index is 1.78. The van der Waals surface area contributed by atoms with Gasteiger partial charge in [0.25, 0.3) is 5.91 Å². The van der Waals surface area contributed by atoms with E-state index in [0.29, 0.717) is 16.9 Å². The molecule has 2 aromatic carbocycles. The molecule has 154 valence electrons. The summed E-state index contributed by atoms with van der Waals surface area (Å²) in [6, 6.07) is 8.51. The van der Waals surface area contributed by atoms with Crippen molar-refractivity contribution in [3.63, 3.8) is 0 Å². The third kappa shape index (κ3) is 4.41. The van der Waals surface area contributed by atoms with Crippen LogP contribution in [0.15, 0.2) is 35.2 Å². The number of amides is 2. The minimum atomic E-state index is -3.94. The molecule has 2 N–H and O–H groups in total. The van der Waals surface area contributed by atoms with Crippen molar-refractivity contribution in [3.05, 3.63) is 47.0 Å². The van der Waals surface area contributed by atoms with E-state index in [-0.39, 0.29) is 29.7 Å². The number of carbonyl (C=O) groups is 2. The number of anilines is 2. The summed E-state index contributed by atoms with van der Waals surface area (Å²) in [6.07, 6.45) is 0. The predicted octanol–water partition coefficient (Wildman–Crippen LogP) is 2.20. The highest BCUT2D eigenvalue weighted by Gasteiger charge is 2.28. The number of ether oxygens (including phenoxy) is 1. The number of sulfonamides is 1. The van der Waals surface area contributed by atoms with Gasteiger partial charge < -0.3 is 15.4 Å². The molecule has 0 aromatic heterocycles. The number of aryl methyl sites for hydroxylation is 3. The smallest absolute Gasteiger partial charge is 0.262 e. The Morgan fingerprint density at radius 1 is 1.17 bits per heavy atom. The molecule has 0 saturated carbocycles. The summed E-state index contributed by atoms with van der Waals surface area (Å²) in [4.78, 5) is 23.9. The maximum absolute atomic E-state index is 13.0. The molecule has 0 saturated heterocycles. The first kappa shape index (κ1) is 20.8. The summed E-state index contributed by atoms with van der Waals surface area (Å²) in [7, 11) is -2.60. The van der Waals surface area contributed by atoms with Crippen molar-refractivity contribution >= 4 is 33.2 Å². The zero-order valence-corrected chi connectivity index (χ0v) is 17.5. The molecule has 8 nitrogen and oxygen atoms in total. The molecular formula is C20H23N3O5S. The lowest BCUT2D eigenvalue weighted by Crippen LogP contribution is -2.35. The molecule has 0 unspecified atom stereocenters. The topological polar surface area (TPSA) is 105 Å². The molecular weight excluding hydrogens is 394 g/mol. The summed E-state index contributed by atoms with van der Waals surface area (Å²) >= 11 is 0. The van der Waals surface area contributed by atoms with Crippen LogP contribution in [0.5, 0.6) is 5.75 Å². The Kier molecular flexibility index (Phi) is 5.63. The van der Waals surface area contributed by atoms with Crippen molar-refractivity contribution in [2.75, 3.05) is 30.8 Å². The molecule has 2 amide bonds. The first-order valence-electron chi connectivity index (χ1n) is 8.98. The van der Waals surface area contributed by atoms with Crippen molar-refractivity contribution < 1.29 is 22.7 Å². The zero-order valence-electron chi connectivity index (χ0n) is 16.7. The number of hydrogen-bond donors (Lipinski definition) is 2. The largest absolute Gasteiger partial charge is 0.482 e. The van der Waals surface area contributed by atoms with Crippen LogP contribution in [0.1, 0.15) is 16.7 Å². The van der Waals surface area contributed by atoms with Crippen LogP contribution in [0.4, 0.5) is 11.4 Å². The molecule has 29 heavy (non-hydrogen) atoms. The van der Waals surface area contributed by atoms with Gasteiger partial charge >= 0.3 is 0 Å². The number of nitrogens with one attached hydrogen (secondary N) is 2. The zero-order chi connectivity index (χ0) is 21.3. The third-order valence-corrected chi connectivity index (χ3v) is 6.57. The lowest BCUT2D eigenvalue weighted by molar-refractivity contribution is -0.118. The number of nitrogens with zero attached hydrogens (tertiary/aromatic N) is 1. The predicted molar refractivity (Wildman–Crippen MR) is 110 cm³/mol. The van der Waals surface area contributed by atoms with Crippen LogP contribution < -0.4 is 15.4 Å². The first-order valence-corrected chi connectivity index (χ1v) is 10.4. The second kappa shape index (κ2) is 7.84. The monoisotopic (exact) mass is 417 g/mol. The van der Waals surface area contributed by atoms with Gasteiger partial charge in [-0.2, -0.15) is 4.31 Å². The van der Waals surface area contributed by atoms with Gasteiger partial charge in [0.1, 0.15) is 5.75 Å². The number of hydrogen-bond acceptors (Lipinski definition) is 5. The highest BCUT2D eigenvalue weighted by molar-refractivity contribution is 7.89. The summed E-state index contributed by atoms with van der Waals surface area (Å²) in [5.41, 5.74) is 3.47. The molecule has 1 aliphatic heterocycles. The molecule has 3 rings (SSSR count). The molecule has 0 spiro atoms. The highest BCUT2D eigenvalue weighted by Crippen LogP contribution is 2.33. The van der Waals surface area contributed by atoms with Gasteiger partial charge in [-0.1, -0.05) is 17.7 Å². The van der Waals surface area contributed by atoms with Gasteiger partial charge in [-0.05, 0) is 44.0 Å². The second-order valence-corrected chi connectivity index (χ2v) is 9.09. The minimum Gasteiger partial charge on any atom is -0.482 e. The average molecular weight is 417 g/mol. The Morgan fingerprint density at radius 3 is 2.59 bits per heavy atom. The number of carbonyl (C=O) groups excluding carboxylic acids is 2. The first-order chi connectivity index (χ1) is 13.6. The van der Waals surface area contributed by atoms with E-state index in [1.807, 2.05) is 26.0 Å². The van der Waals surface area contributed by atoms with E-state index >= 15 is 0 Å². The number of rotatable bonds is 5. The molecule has 0 radical (unpaired) electrons. The van der Waals surface area contributed by atoms with Crippen molar-refractivity contribution in [2.45, 2.75) is 25.7 Å². The van der Waals surface area contributed by atoms with Gasteiger partial charge in [-0.25, -0.2) is 8.42 Å². The summed E-state index contributed by atoms with van der Waals surface area (Å²) in [5.74, 6) is -0.461. The van der Waals surface area contributed by atoms with E-state index in [1.165, 1.54) is 13.1 Å². The van der Waals surface area contributed by atoms with Gasteiger partial charge in [0, 0.05) is 18.8 Å². The second-order valence-electron chi connectivity index (χ2n) is 7.08. The van der Waals surface area contributed by atoms with Crippen molar-refractivity contribution in [1.82, 2.24) is 4.31 Å². The molecule has 1 heterocycles. The standard InChI is InChI=1S/C20H23N3O5S/c1-12-5-6-15(13(2)7-12)21-19(24)10-23(4)29(26,27)18-9-17-16(8-14(18)3)22-20(25)11-28-17/h5-9H,10-11H2,1-4H3,(H,21,24)(H,22,25). The Morgan fingerprint density at radius 2 is 1.90 bits per heavy atom. The maximum Gasteiger partial charge on any atom is 0.262 e. The lowest BCUT2D eigenvalue weighted by Gasteiger charge is -2.22. The van der Waals surface area contributed by atoms with E-state index in [4.69, 9.17) is 4.74 Å². The molecule has 1 aliphatic rings. The molecule has 0 aliphatic carbocycles. The fourth-order valence-electron chi connectivity index (χ4n) is 3.09. The van der Waals surface area contributed by atoms with Gasteiger partial charge in [-0.3, -0.25) is 9.59 Å². The fourth-order valence-corrected chi connectivity index (χ4v) is 4.44. The third-order valence-electron chi connectivity index (χ3n) is 4.62. The van der Waals surface area contributed by atoms with E-state index in [9.17, 15) is 18.0 Å². The van der Waals surface area contributed by atoms with E-state index in [0.717, 1.165) is 15.4 Å². The van der Waals surface area contributed by atoms with Gasteiger partial charge in [0.15, 0.2) is 6.61 Å². The van der Waals surface area contributed by atoms with Gasteiger partial charge in [-0.15, -0.1) is 0 Å². The molecule has 9 heteroatoms.